The maximum Gasteiger partial charge on any atom is 0.306 e. The topological polar surface area (TPSA) is 59.0 Å². The molecule has 2 aliphatic heterocycles. The zero-order chi connectivity index (χ0) is 16.2. The van der Waals surface area contributed by atoms with Gasteiger partial charge in [0.25, 0.3) is 0 Å². The molecule has 2 fully saturated rings. The van der Waals surface area contributed by atoms with E-state index in [-0.39, 0.29) is 18.2 Å². The molecule has 5 nitrogen and oxygen atoms in total. The first-order valence-corrected chi connectivity index (χ1v) is 8.50. The van der Waals surface area contributed by atoms with E-state index < -0.39 is 5.97 Å². The molecule has 6 heteroatoms. The molecule has 2 aliphatic rings. The van der Waals surface area contributed by atoms with E-state index in [4.69, 9.17) is 21.1 Å². The van der Waals surface area contributed by atoms with Crippen molar-refractivity contribution in [2.24, 2.45) is 5.92 Å². The number of aliphatic carboxylic acids is 1. The molecule has 126 valence electrons. The number of likely N-dealkylation sites (tertiary alicyclic amines) is 1. The van der Waals surface area contributed by atoms with Crippen LogP contribution < -0.4 is 4.74 Å². The van der Waals surface area contributed by atoms with E-state index >= 15 is 0 Å². The van der Waals surface area contributed by atoms with E-state index in [9.17, 15) is 9.90 Å². The van der Waals surface area contributed by atoms with Gasteiger partial charge in [-0.25, -0.2) is 0 Å². The van der Waals surface area contributed by atoms with Crippen LogP contribution in [-0.2, 0) is 9.53 Å². The van der Waals surface area contributed by atoms with Crippen LogP contribution in [0.3, 0.4) is 0 Å². The molecule has 0 bridgehead atoms. The first kappa shape index (κ1) is 16.6. The van der Waals surface area contributed by atoms with E-state index in [1.54, 1.807) is 0 Å². The Morgan fingerprint density at radius 1 is 1.30 bits per heavy atom. The van der Waals surface area contributed by atoms with Crippen molar-refractivity contribution in [3.05, 3.63) is 29.3 Å². The normalized spacial score (nSPS) is 26.8. The highest BCUT2D eigenvalue weighted by atomic mass is 35.5. The van der Waals surface area contributed by atoms with Crippen LogP contribution in [0.25, 0.3) is 0 Å². The lowest BCUT2D eigenvalue weighted by Crippen LogP contribution is -2.48. The lowest BCUT2D eigenvalue weighted by Gasteiger charge is -2.40. The number of piperidine rings is 1. The molecule has 3 rings (SSSR count). The third kappa shape index (κ3) is 4.37. The minimum atomic E-state index is -0.711. The maximum atomic E-state index is 11.2. The number of ether oxygens (including phenoxy) is 2. The van der Waals surface area contributed by atoms with E-state index in [0.717, 1.165) is 31.7 Å². The smallest absolute Gasteiger partial charge is 0.306 e. The maximum absolute atomic E-state index is 11.2. The number of halogens is 1. The monoisotopic (exact) mass is 339 g/mol. The number of benzene rings is 1. The Balaban J connectivity index is 1.49. The number of carboxylic acids is 1. The number of rotatable bonds is 4. The van der Waals surface area contributed by atoms with Crippen molar-refractivity contribution >= 4 is 17.6 Å². The molecule has 1 N–H and O–H groups in total. The molecule has 0 spiro atoms. The van der Waals surface area contributed by atoms with Gasteiger partial charge in [-0.2, -0.15) is 0 Å². The average molecular weight is 340 g/mol. The fourth-order valence-corrected chi connectivity index (χ4v) is 3.45. The van der Waals surface area contributed by atoms with Crippen LogP contribution in [0.5, 0.6) is 5.75 Å². The van der Waals surface area contributed by atoms with Crippen molar-refractivity contribution in [1.29, 1.82) is 0 Å². The SMILES string of the molecule is O=C(O)C1CCOC(N2CCC(Oc3cccc(Cl)c3)CC2)C1. The largest absolute Gasteiger partial charge is 0.490 e. The summed E-state index contributed by atoms with van der Waals surface area (Å²) >= 11 is 5.97. The Bertz CT molecular complexity index is 545. The van der Waals surface area contributed by atoms with Crippen LogP contribution in [0.2, 0.25) is 5.02 Å². The van der Waals surface area contributed by atoms with Gasteiger partial charge < -0.3 is 14.6 Å². The van der Waals surface area contributed by atoms with Gasteiger partial charge in [0.1, 0.15) is 18.1 Å². The molecule has 23 heavy (non-hydrogen) atoms. The minimum absolute atomic E-state index is 0.0723. The quantitative estimate of drug-likeness (QED) is 0.913. The molecule has 0 radical (unpaired) electrons. The lowest BCUT2D eigenvalue weighted by atomic mass is 9.97. The fraction of sp³-hybridized carbons (Fsp3) is 0.588. The van der Waals surface area contributed by atoms with Gasteiger partial charge in [-0.1, -0.05) is 17.7 Å². The highest BCUT2D eigenvalue weighted by Gasteiger charge is 2.33. The van der Waals surface area contributed by atoms with Gasteiger partial charge in [-0.3, -0.25) is 9.69 Å². The van der Waals surface area contributed by atoms with Crippen molar-refractivity contribution < 1.29 is 19.4 Å². The van der Waals surface area contributed by atoms with Gasteiger partial charge >= 0.3 is 5.97 Å². The molecule has 2 unspecified atom stereocenters. The Morgan fingerprint density at radius 2 is 2.09 bits per heavy atom. The van der Waals surface area contributed by atoms with Crippen molar-refractivity contribution in [2.75, 3.05) is 19.7 Å². The Hall–Kier alpha value is -1.30. The first-order valence-electron chi connectivity index (χ1n) is 8.12. The van der Waals surface area contributed by atoms with E-state index in [1.807, 2.05) is 24.3 Å². The van der Waals surface area contributed by atoms with Crippen LogP contribution in [0, 0.1) is 5.92 Å². The number of hydrogen-bond acceptors (Lipinski definition) is 4. The highest BCUT2D eigenvalue weighted by molar-refractivity contribution is 6.30. The van der Waals surface area contributed by atoms with E-state index in [2.05, 4.69) is 4.90 Å². The van der Waals surface area contributed by atoms with Gasteiger partial charge in [0.15, 0.2) is 0 Å². The molecular formula is C17H22ClNO4. The number of nitrogens with zero attached hydrogens (tertiary/aromatic N) is 1. The summed E-state index contributed by atoms with van der Waals surface area (Å²) in [5, 5.41) is 9.85. The average Bonchev–Trinajstić information content (AvgIpc) is 2.56. The zero-order valence-electron chi connectivity index (χ0n) is 13.0. The van der Waals surface area contributed by atoms with Crippen LogP contribution in [0.4, 0.5) is 0 Å². The summed E-state index contributed by atoms with van der Waals surface area (Å²) in [6.07, 6.45) is 3.10. The third-order valence-corrected chi connectivity index (χ3v) is 4.83. The summed E-state index contributed by atoms with van der Waals surface area (Å²) < 4.78 is 11.8. The van der Waals surface area contributed by atoms with Gasteiger partial charge in [-0.05, 0) is 37.5 Å². The van der Waals surface area contributed by atoms with Gasteiger partial charge in [0.2, 0.25) is 0 Å². The summed E-state index contributed by atoms with van der Waals surface area (Å²) in [4.78, 5) is 13.4. The molecule has 2 saturated heterocycles. The summed E-state index contributed by atoms with van der Waals surface area (Å²) in [7, 11) is 0. The van der Waals surface area contributed by atoms with Crippen molar-refractivity contribution in [2.45, 2.75) is 38.0 Å². The van der Waals surface area contributed by atoms with Crippen LogP contribution in [0.15, 0.2) is 24.3 Å². The zero-order valence-corrected chi connectivity index (χ0v) is 13.7. The number of carbonyl (C=O) groups is 1. The van der Waals surface area contributed by atoms with Gasteiger partial charge in [-0.15, -0.1) is 0 Å². The lowest BCUT2D eigenvalue weighted by molar-refractivity contribution is -0.156. The molecule has 2 atom stereocenters. The molecule has 2 heterocycles. The first-order chi connectivity index (χ1) is 11.1. The second kappa shape index (κ2) is 7.51. The third-order valence-electron chi connectivity index (χ3n) is 4.59. The highest BCUT2D eigenvalue weighted by Crippen LogP contribution is 2.27. The summed E-state index contributed by atoms with van der Waals surface area (Å²) in [5.41, 5.74) is 0. The van der Waals surface area contributed by atoms with E-state index in [0.29, 0.717) is 24.5 Å². The van der Waals surface area contributed by atoms with Gasteiger partial charge in [0.05, 0.1) is 5.92 Å². The molecule has 1 aromatic rings. The van der Waals surface area contributed by atoms with Crippen LogP contribution in [-0.4, -0.2) is 48.0 Å². The van der Waals surface area contributed by atoms with Gasteiger partial charge in [0, 0.05) is 31.1 Å². The summed E-state index contributed by atoms with van der Waals surface area (Å²) in [6.45, 7) is 2.26. The predicted molar refractivity (Wildman–Crippen MR) is 86.8 cm³/mol. The Kier molecular flexibility index (Phi) is 5.41. The Labute approximate surface area is 141 Å². The van der Waals surface area contributed by atoms with Crippen molar-refractivity contribution in [1.82, 2.24) is 4.90 Å². The number of hydrogen-bond donors (Lipinski definition) is 1. The second-order valence-corrected chi connectivity index (χ2v) is 6.63. The molecule has 0 aliphatic carbocycles. The van der Waals surface area contributed by atoms with E-state index in [1.165, 1.54) is 0 Å². The summed E-state index contributed by atoms with van der Waals surface area (Å²) in [5.74, 6) is -0.192. The van der Waals surface area contributed by atoms with Crippen molar-refractivity contribution in [3.63, 3.8) is 0 Å². The standard InChI is InChI=1S/C17H22ClNO4/c18-13-2-1-3-15(11-13)23-14-4-7-19(8-5-14)16-10-12(17(20)21)6-9-22-16/h1-3,11-12,14,16H,4-10H2,(H,20,21). The van der Waals surface area contributed by atoms with Crippen molar-refractivity contribution in [3.8, 4) is 5.75 Å². The molecule has 0 aromatic heterocycles. The summed E-state index contributed by atoms with van der Waals surface area (Å²) in [6, 6.07) is 7.46. The minimum Gasteiger partial charge on any atom is -0.490 e. The molecular weight excluding hydrogens is 318 g/mol. The fourth-order valence-electron chi connectivity index (χ4n) is 3.27. The number of carboxylic acid groups (broad SMARTS) is 1. The second-order valence-electron chi connectivity index (χ2n) is 6.20. The molecule has 1 aromatic carbocycles. The molecule has 0 saturated carbocycles. The van der Waals surface area contributed by atoms with Crippen LogP contribution >= 0.6 is 11.6 Å². The van der Waals surface area contributed by atoms with Crippen LogP contribution in [0.1, 0.15) is 25.7 Å². The Morgan fingerprint density at radius 3 is 2.78 bits per heavy atom. The molecule has 0 amide bonds. The predicted octanol–water partition coefficient (Wildman–Crippen LogP) is 3.02.